The lowest BCUT2D eigenvalue weighted by molar-refractivity contribution is 0.0240. The van der Waals surface area contributed by atoms with Crippen LogP contribution in [0.15, 0.2) is 46.3 Å². The number of hydrogen-bond donors (Lipinski definition) is 1. The number of halogens is 1. The fourth-order valence-electron chi connectivity index (χ4n) is 1.28. The van der Waals surface area contributed by atoms with Crippen LogP contribution in [0.4, 0.5) is 0 Å². The van der Waals surface area contributed by atoms with Crippen molar-refractivity contribution in [3.05, 3.63) is 56.7 Å². The Balaban J connectivity index is 1.69. The molecule has 2 rings (SSSR count). The quantitative estimate of drug-likeness (QED) is 0.671. The van der Waals surface area contributed by atoms with E-state index >= 15 is 0 Å². The predicted octanol–water partition coefficient (Wildman–Crippen LogP) is 3.73. The van der Waals surface area contributed by atoms with Gasteiger partial charge in [0.05, 0.1) is 16.9 Å². The van der Waals surface area contributed by atoms with Gasteiger partial charge in [-0.25, -0.2) is 0 Å². The molecule has 1 heterocycles. The highest BCUT2D eigenvalue weighted by Gasteiger charge is 1.97. The Bertz CT molecular complexity index is 430. The molecule has 0 fully saturated rings. The zero-order valence-corrected chi connectivity index (χ0v) is 11.1. The summed E-state index contributed by atoms with van der Waals surface area (Å²) in [4.78, 5) is 6.62. The topological polar surface area (TPSA) is 21.3 Å². The molecule has 1 aromatic heterocycles. The first-order valence-electron chi connectivity index (χ1n) is 4.97. The molecule has 16 heavy (non-hydrogen) atoms. The lowest BCUT2D eigenvalue weighted by Gasteiger charge is -2.04. The number of hydroxylamine groups is 1. The first-order valence-corrected chi connectivity index (χ1v) is 6.58. The SMILES string of the molecule is Brc1ccc(CNOCc2ccccc2)s1. The minimum Gasteiger partial charge on any atom is -0.297 e. The fourth-order valence-corrected chi connectivity index (χ4v) is 2.69. The molecule has 0 radical (unpaired) electrons. The second kappa shape index (κ2) is 6.15. The van der Waals surface area contributed by atoms with Crippen molar-refractivity contribution in [3.8, 4) is 0 Å². The van der Waals surface area contributed by atoms with Crippen LogP contribution in [0, 0.1) is 0 Å². The molecule has 1 N–H and O–H groups in total. The molecular weight excluding hydrogens is 286 g/mol. The van der Waals surface area contributed by atoms with Crippen LogP contribution < -0.4 is 5.48 Å². The van der Waals surface area contributed by atoms with E-state index in [-0.39, 0.29) is 0 Å². The summed E-state index contributed by atoms with van der Waals surface area (Å²) in [6, 6.07) is 14.2. The van der Waals surface area contributed by atoms with E-state index in [9.17, 15) is 0 Å². The first kappa shape index (κ1) is 11.8. The van der Waals surface area contributed by atoms with Gasteiger partial charge in [0.2, 0.25) is 0 Å². The van der Waals surface area contributed by atoms with Crippen molar-refractivity contribution >= 4 is 27.3 Å². The molecule has 1 aromatic carbocycles. The molecule has 0 saturated carbocycles. The second-order valence-electron chi connectivity index (χ2n) is 3.30. The summed E-state index contributed by atoms with van der Waals surface area (Å²) < 4.78 is 1.15. The van der Waals surface area contributed by atoms with E-state index in [1.807, 2.05) is 36.4 Å². The molecule has 0 atom stereocenters. The van der Waals surface area contributed by atoms with Gasteiger partial charge in [-0.1, -0.05) is 30.3 Å². The molecule has 0 unspecified atom stereocenters. The standard InChI is InChI=1S/C12H12BrNOS/c13-12-7-6-11(16-12)8-14-15-9-10-4-2-1-3-5-10/h1-7,14H,8-9H2. The number of benzene rings is 1. The van der Waals surface area contributed by atoms with E-state index < -0.39 is 0 Å². The highest BCUT2D eigenvalue weighted by atomic mass is 79.9. The Morgan fingerprint density at radius 2 is 1.94 bits per heavy atom. The van der Waals surface area contributed by atoms with Crippen molar-refractivity contribution in [1.29, 1.82) is 0 Å². The second-order valence-corrected chi connectivity index (χ2v) is 5.85. The van der Waals surface area contributed by atoms with Crippen LogP contribution >= 0.6 is 27.3 Å². The van der Waals surface area contributed by atoms with Crippen molar-refractivity contribution < 1.29 is 4.84 Å². The summed E-state index contributed by atoms with van der Waals surface area (Å²) in [5, 5.41) is 0. The minimum absolute atomic E-state index is 0.591. The lowest BCUT2D eigenvalue weighted by Crippen LogP contribution is -2.12. The van der Waals surface area contributed by atoms with E-state index in [1.165, 1.54) is 10.4 Å². The molecule has 0 aliphatic heterocycles. The van der Waals surface area contributed by atoms with E-state index in [1.54, 1.807) is 11.3 Å². The Morgan fingerprint density at radius 3 is 2.62 bits per heavy atom. The van der Waals surface area contributed by atoms with Gasteiger partial charge in [-0.2, -0.15) is 5.48 Å². The predicted molar refractivity (Wildman–Crippen MR) is 70.1 cm³/mol. The van der Waals surface area contributed by atoms with Crippen LogP contribution in [0.25, 0.3) is 0 Å². The van der Waals surface area contributed by atoms with Crippen LogP contribution in [0.5, 0.6) is 0 Å². The summed E-state index contributed by atoms with van der Waals surface area (Å²) in [7, 11) is 0. The summed E-state index contributed by atoms with van der Waals surface area (Å²) in [6.07, 6.45) is 0. The van der Waals surface area contributed by atoms with Gasteiger partial charge in [0, 0.05) is 4.88 Å². The molecule has 2 nitrogen and oxygen atoms in total. The van der Waals surface area contributed by atoms with Gasteiger partial charge >= 0.3 is 0 Å². The van der Waals surface area contributed by atoms with Crippen molar-refractivity contribution in [2.24, 2.45) is 0 Å². The minimum atomic E-state index is 0.591. The molecule has 0 amide bonds. The van der Waals surface area contributed by atoms with Crippen LogP contribution in [0.2, 0.25) is 0 Å². The molecule has 0 aliphatic carbocycles. The third-order valence-corrected chi connectivity index (χ3v) is 3.68. The van der Waals surface area contributed by atoms with Gasteiger partial charge in [0.1, 0.15) is 0 Å². The number of nitrogens with one attached hydrogen (secondary N) is 1. The average molecular weight is 298 g/mol. The molecule has 0 saturated heterocycles. The summed E-state index contributed by atoms with van der Waals surface area (Å²) in [5.74, 6) is 0. The Kier molecular flexibility index (Phi) is 4.54. The van der Waals surface area contributed by atoms with E-state index in [4.69, 9.17) is 4.84 Å². The van der Waals surface area contributed by atoms with Gasteiger partial charge in [-0.15, -0.1) is 11.3 Å². The van der Waals surface area contributed by atoms with Crippen LogP contribution in [-0.4, -0.2) is 0 Å². The maximum atomic E-state index is 5.37. The third-order valence-electron chi connectivity index (χ3n) is 2.06. The molecule has 0 spiro atoms. The molecule has 84 valence electrons. The lowest BCUT2D eigenvalue weighted by atomic mass is 10.2. The van der Waals surface area contributed by atoms with E-state index in [2.05, 4.69) is 27.5 Å². The van der Waals surface area contributed by atoms with E-state index in [0.717, 1.165) is 10.3 Å². The van der Waals surface area contributed by atoms with Gasteiger partial charge in [0.15, 0.2) is 0 Å². The normalized spacial score (nSPS) is 10.6. The highest BCUT2D eigenvalue weighted by Crippen LogP contribution is 2.21. The molecule has 0 bridgehead atoms. The summed E-state index contributed by atoms with van der Waals surface area (Å²) >= 11 is 5.14. The monoisotopic (exact) mass is 297 g/mol. The maximum absolute atomic E-state index is 5.37. The number of rotatable bonds is 5. The highest BCUT2D eigenvalue weighted by molar-refractivity contribution is 9.11. The van der Waals surface area contributed by atoms with Crippen molar-refractivity contribution in [3.63, 3.8) is 0 Å². The zero-order chi connectivity index (χ0) is 11.2. The Labute approximate surface area is 107 Å². The third kappa shape index (κ3) is 3.72. The van der Waals surface area contributed by atoms with Crippen LogP contribution in [0.3, 0.4) is 0 Å². The molecule has 4 heteroatoms. The smallest absolute Gasteiger partial charge is 0.0933 e. The fraction of sp³-hybridized carbons (Fsp3) is 0.167. The molecule has 0 aliphatic rings. The Morgan fingerprint density at radius 1 is 1.12 bits per heavy atom. The summed E-state index contributed by atoms with van der Waals surface area (Å²) in [6.45, 7) is 1.33. The summed E-state index contributed by atoms with van der Waals surface area (Å²) in [5.41, 5.74) is 4.12. The van der Waals surface area contributed by atoms with Gasteiger partial charge in [0.25, 0.3) is 0 Å². The van der Waals surface area contributed by atoms with Gasteiger partial charge < -0.3 is 0 Å². The molecule has 2 aromatic rings. The first-order chi connectivity index (χ1) is 7.84. The van der Waals surface area contributed by atoms with E-state index in [0.29, 0.717) is 6.61 Å². The maximum Gasteiger partial charge on any atom is 0.0933 e. The van der Waals surface area contributed by atoms with Crippen LogP contribution in [0.1, 0.15) is 10.4 Å². The van der Waals surface area contributed by atoms with Crippen LogP contribution in [-0.2, 0) is 18.0 Å². The van der Waals surface area contributed by atoms with Gasteiger partial charge in [-0.05, 0) is 33.6 Å². The molecular formula is C12H12BrNOS. The zero-order valence-electron chi connectivity index (χ0n) is 8.65. The average Bonchev–Trinajstić information content (AvgIpc) is 2.72. The number of thiophene rings is 1. The number of hydrogen-bond acceptors (Lipinski definition) is 3. The Hall–Kier alpha value is -0.680. The van der Waals surface area contributed by atoms with Crippen molar-refractivity contribution in [2.75, 3.05) is 0 Å². The van der Waals surface area contributed by atoms with Crippen molar-refractivity contribution in [2.45, 2.75) is 13.2 Å². The largest absolute Gasteiger partial charge is 0.297 e. The van der Waals surface area contributed by atoms with Crippen molar-refractivity contribution in [1.82, 2.24) is 5.48 Å². The van der Waals surface area contributed by atoms with Gasteiger partial charge in [-0.3, -0.25) is 4.84 Å².